The zero-order chi connectivity index (χ0) is 16.5. The largest absolute Gasteiger partial charge is 0.468 e. The van der Waals surface area contributed by atoms with E-state index in [2.05, 4.69) is 0 Å². The summed E-state index contributed by atoms with van der Waals surface area (Å²) < 4.78 is 4.78. The van der Waals surface area contributed by atoms with E-state index in [1.807, 2.05) is 30.3 Å². The van der Waals surface area contributed by atoms with E-state index in [0.717, 1.165) is 5.56 Å². The lowest BCUT2D eigenvalue weighted by molar-refractivity contribution is -0.160. The highest BCUT2D eigenvalue weighted by Crippen LogP contribution is 2.44. The number of hydrogen-bond acceptors (Lipinski definition) is 4. The van der Waals surface area contributed by atoms with E-state index < -0.39 is 29.3 Å². The molecule has 22 heavy (non-hydrogen) atoms. The van der Waals surface area contributed by atoms with Crippen LogP contribution in [0.1, 0.15) is 38.8 Å². The number of nitrogens with zero attached hydrogens (tertiary/aromatic N) is 1. The van der Waals surface area contributed by atoms with Gasteiger partial charge < -0.3 is 4.74 Å². The van der Waals surface area contributed by atoms with Crippen LogP contribution in [-0.2, 0) is 19.1 Å². The van der Waals surface area contributed by atoms with E-state index >= 15 is 0 Å². The van der Waals surface area contributed by atoms with Crippen LogP contribution in [0.5, 0.6) is 0 Å². The molecule has 5 heteroatoms. The van der Waals surface area contributed by atoms with Gasteiger partial charge in [0.05, 0.1) is 19.1 Å². The zero-order valence-corrected chi connectivity index (χ0v) is 13.3. The highest BCUT2D eigenvalue weighted by molar-refractivity contribution is 6.17. The van der Waals surface area contributed by atoms with Gasteiger partial charge in [-0.1, -0.05) is 37.3 Å². The van der Waals surface area contributed by atoms with Crippen molar-refractivity contribution in [1.82, 2.24) is 4.90 Å². The lowest BCUT2D eigenvalue weighted by Crippen LogP contribution is -2.42. The lowest BCUT2D eigenvalue weighted by Gasteiger charge is -2.25. The van der Waals surface area contributed by atoms with E-state index in [1.54, 1.807) is 13.8 Å². The second-order valence-electron chi connectivity index (χ2n) is 5.75. The molecule has 0 aromatic heterocycles. The van der Waals surface area contributed by atoms with Crippen molar-refractivity contribution in [3.05, 3.63) is 35.9 Å². The van der Waals surface area contributed by atoms with Crippen molar-refractivity contribution in [2.45, 2.75) is 33.2 Å². The van der Waals surface area contributed by atoms with Crippen LogP contribution in [0, 0.1) is 11.3 Å². The maximum Gasteiger partial charge on any atom is 0.321 e. The smallest absolute Gasteiger partial charge is 0.321 e. The third kappa shape index (κ3) is 2.21. The number of amides is 2. The fourth-order valence-corrected chi connectivity index (χ4v) is 3.19. The van der Waals surface area contributed by atoms with Crippen LogP contribution in [0.2, 0.25) is 0 Å². The van der Waals surface area contributed by atoms with E-state index in [-0.39, 0.29) is 5.91 Å². The Hall–Kier alpha value is -2.17. The van der Waals surface area contributed by atoms with Crippen LogP contribution in [0.3, 0.4) is 0 Å². The third-order valence-electron chi connectivity index (χ3n) is 4.58. The van der Waals surface area contributed by atoms with Gasteiger partial charge in [-0.05, 0) is 25.8 Å². The molecule has 0 bridgehead atoms. The summed E-state index contributed by atoms with van der Waals surface area (Å²) in [5.74, 6) is -2.12. The van der Waals surface area contributed by atoms with Crippen LogP contribution < -0.4 is 0 Å². The maximum atomic E-state index is 12.8. The van der Waals surface area contributed by atoms with Crippen LogP contribution in [0.15, 0.2) is 30.3 Å². The van der Waals surface area contributed by atoms with Gasteiger partial charge in [0, 0.05) is 0 Å². The second kappa shape index (κ2) is 5.91. The Bertz CT molecular complexity index is 598. The van der Waals surface area contributed by atoms with Gasteiger partial charge in [-0.15, -0.1) is 0 Å². The van der Waals surface area contributed by atoms with Gasteiger partial charge in [-0.25, -0.2) is 0 Å². The fraction of sp³-hybridized carbons (Fsp3) is 0.471. The van der Waals surface area contributed by atoms with Gasteiger partial charge in [-0.2, -0.15) is 0 Å². The maximum absolute atomic E-state index is 12.8. The standard InChI is InChI=1S/C17H21NO4/c1-5-13-14(19)18(11(2)12-9-7-6-8-10-12)15(20)17(13,3)16(21)22-4/h6-11,13H,5H2,1-4H3/t11-,13?,17?/m1/s1. The first-order valence-electron chi connectivity index (χ1n) is 7.40. The quantitative estimate of drug-likeness (QED) is 0.486. The Morgan fingerprint density at radius 3 is 2.41 bits per heavy atom. The molecule has 2 unspecified atom stereocenters. The molecular weight excluding hydrogens is 282 g/mol. The average Bonchev–Trinajstić information content (AvgIpc) is 2.74. The van der Waals surface area contributed by atoms with Crippen LogP contribution in [0.4, 0.5) is 0 Å². The Balaban J connectivity index is 2.44. The van der Waals surface area contributed by atoms with Gasteiger partial charge in [0.2, 0.25) is 11.8 Å². The number of imide groups is 1. The molecular formula is C17H21NO4. The summed E-state index contributed by atoms with van der Waals surface area (Å²) in [6, 6.07) is 8.89. The van der Waals surface area contributed by atoms with E-state index in [9.17, 15) is 14.4 Å². The summed E-state index contributed by atoms with van der Waals surface area (Å²) in [5.41, 5.74) is -0.586. The van der Waals surface area contributed by atoms with Crippen LogP contribution >= 0.6 is 0 Å². The minimum atomic E-state index is -1.44. The molecule has 1 saturated heterocycles. The Kier molecular flexibility index (Phi) is 4.35. The number of carbonyl (C=O) groups is 3. The number of rotatable bonds is 4. The lowest BCUT2D eigenvalue weighted by atomic mass is 9.77. The molecule has 0 N–H and O–H groups in total. The topological polar surface area (TPSA) is 63.7 Å². The third-order valence-corrected chi connectivity index (χ3v) is 4.58. The molecule has 1 aliphatic rings. The molecule has 118 valence electrons. The van der Waals surface area contributed by atoms with Crippen molar-refractivity contribution in [2.75, 3.05) is 7.11 Å². The average molecular weight is 303 g/mol. The predicted octanol–water partition coefficient (Wildman–Crippen LogP) is 2.32. The van der Waals surface area contributed by atoms with Crippen molar-refractivity contribution in [3.63, 3.8) is 0 Å². The van der Waals surface area contributed by atoms with Crippen molar-refractivity contribution in [3.8, 4) is 0 Å². The second-order valence-corrected chi connectivity index (χ2v) is 5.75. The summed E-state index contributed by atoms with van der Waals surface area (Å²) in [6.45, 7) is 5.10. The van der Waals surface area contributed by atoms with Crippen molar-refractivity contribution in [1.29, 1.82) is 0 Å². The van der Waals surface area contributed by atoms with Gasteiger partial charge >= 0.3 is 5.97 Å². The Morgan fingerprint density at radius 1 is 1.32 bits per heavy atom. The Morgan fingerprint density at radius 2 is 1.91 bits per heavy atom. The van der Waals surface area contributed by atoms with Crippen LogP contribution in [0.25, 0.3) is 0 Å². The zero-order valence-electron chi connectivity index (χ0n) is 13.3. The number of esters is 1. The molecule has 0 spiro atoms. The fourth-order valence-electron chi connectivity index (χ4n) is 3.19. The SMILES string of the molecule is CCC1C(=O)N([C@H](C)c2ccccc2)C(=O)C1(C)C(=O)OC. The highest BCUT2D eigenvalue weighted by atomic mass is 16.5. The van der Waals surface area contributed by atoms with Gasteiger partial charge in [-0.3, -0.25) is 19.3 Å². The molecule has 0 radical (unpaired) electrons. The minimum Gasteiger partial charge on any atom is -0.468 e. The number of methoxy groups -OCH3 is 1. The molecule has 2 amide bonds. The van der Waals surface area contributed by atoms with E-state index in [0.29, 0.717) is 6.42 Å². The normalized spacial score (nSPS) is 26.2. The molecule has 1 fully saturated rings. The summed E-state index contributed by atoms with van der Waals surface area (Å²) in [4.78, 5) is 38.9. The molecule has 0 saturated carbocycles. The van der Waals surface area contributed by atoms with Gasteiger partial charge in [0.15, 0.2) is 5.41 Å². The molecule has 2 rings (SSSR count). The molecule has 5 nitrogen and oxygen atoms in total. The molecule has 3 atom stereocenters. The number of ether oxygens (including phenoxy) is 1. The van der Waals surface area contributed by atoms with Gasteiger partial charge in [0.25, 0.3) is 0 Å². The summed E-state index contributed by atoms with van der Waals surface area (Å²) in [5, 5.41) is 0. The van der Waals surface area contributed by atoms with Crippen molar-refractivity contribution < 1.29 is 19.1 Å². The van der Waals surface area contributed by atoms with Crippen molar-refractivity contribution >= 4 is 17.8 Å². The highest BCUT2D eigenvalue weighted by Gasteiger charge is 2.61. The first kappa shape index (κ1) is 16.2. The Labute approximate surface area is 130 Å². The predicted molar refractivity (Wildman–Crippen MR) is 80.6 cm³/mol. The van der Waals surface area contributed by atoms with Gasteiger partial charge in [0.1, 0.15) is 0 Å². The minimum absolute atomic E-state index is 0.309. The summed E-state index contributed by atoms with van der Waals surface area (Å²) in [7, 11) is 1.24. The first-order chi connectivity index (χ1) is 10.4. The summed E-state index contributed by atoms with van der Waals surface area (Å²) >= 11 is 0. The summed E-state index contributed by atoms with van der Waals surface area (Å²) in [6.07, 6.45) is 0.411. The van der Waals surface area contributed by atoms with Crippen molar-refractivity contribution in [2.24, 2.45) is 11.3 Å². The number of likely N-dealkylation sites (tertiary alicyclic amines) is 1. The van der Waals surface area contributed by atoms with E-state index in [1.165, 1.54) is 18.9 Å². The molecule has 1 heterocycles. The molecule has 1 aromatic carbocycles. The number of benzene rings is 1. The molecule has 1 aliphatic heterocycles. The number of hydrogen-bond donors (Lipinski definition) is 0. The number of carbonyl (C=O) groups excluding carboxylic acids is 3. The molecule has 0 aliphatic carbocycles. The monoisotopic (exact) mass is 303 g/mol. The van der Waals surface area contributed by atoms with Crippen LogP contribution in [-0.4, -0.2) is 29.8 Å². The first-order valence-corrected chi connectivity index (χ1v) is 7.40. The van der Waals surface area contributed by atoms with E-state index in [4.69, 9.17) is 4.74 Å². The molecule has 1 aromatic rings.